The number of nitrogens with zero attached hydrogens (tertiary/aromatic N) is 4. The Hall–Kier alpha value is -2.90. The number of anilines is 1. The summed E-state index contributed by atoms with van der Waals surface area (Å²) in [5, 5.41) is 18.8. The lowest BCUT2D eigenvalue weighted by molar-refractivity contribution is -0.384. The third kappa shape index (κ3) is 3.40. The fourth-order valence-electron chi connectivity index (χ4n) is 3.46. The topological polar surface area (TPSA) is 93.3 Å². The molecule has 1 aliphatic heterocycles. The maximum absolute atomic E-state index is 12.2. The molecule has 136 valence electrons. The van der Waals surface area contributed by atoms with Crippen molar-refractivity contribution >= 4 is 17.3 Å². The Morgan fingerprint density at radius 2 is 2.15 bits per heavy atom. The summed E-state index contributed by atoms with van der Waals surface area (Å²) in [7, 11) is 0. The molecule has 1 aromatic carbocycles. The van der Waals surface area contributed by atoms with Gasteiger partial charge in [-0.15, -0.1) is 0 Å². The Morgan fingerprint density at radius 1 is 1.31 bits per heavy atom. The summed E-state index contributed by atoms with van der Waals surface area (Å²) in [4.78, 5) is 25.4. The second-order valence-corrected chi connectivity index (χ2v) is 6.94. The molecule has 8 heteroatoms. The highest BCUT2D eigenvalue weighted by Crippen LogP contribution is 2.33. The summed E-state index contributed by atoms with van der Waals surface area (Å²) in [5.74, 6) is -0.241. The van der Waals surface area contributed by atoms with Crippen molar-refractivity contribution in [2.45, 2.75) is 37.8 Å². The number of hydrogen-bond acceptors (Lipinski definition) is 5. The number of nitro groups is 1. The molecule has 0 radical (unpaired) electrons. The van der Waals surface area contributed by atoms with Gasteiger partial charge >= 0.3 is 0 Å². The number of carbonyl (C=O) groups excluding carboxylic acids is 1. The van der Waals surface area contributed by atoms with Gasteiger partial charge in [0.25, 0.3) is 11.6 Å². The predicted octanol–water partition coefficient (Wildman–Crippen LogP) is 2.53. The summed E-state index contributed by atoms with van der Waals surface area (Å²) in [6.07, 6.45) is 7.56. The van der Waals surface area contributed by atoms with E-state index in [0.717, 1.165) is 32.2 Å². The smallest absolute Gasteiger partial charge is 0.293 e. The highest BCUT2D eigenvalue weighted by Gasteiger charge is 2.29. The minimum atomic E-state index is -0.402. The summed E-state index contributed by atoms with van der Waals surface area (Å²) in [6, 6.07) is 7.07. The van der Waals surface area contributed by atoms with Gasteiger partial charge in [0.05, 0.1) is 11.0 Å². The molecular formula is C18H21N5O3. The van der Waals surface area contributed by atoms with Crippen molar-refractivity contribution in [3.8, 4) is 0 Å². The van der Waals surface area contributed by atoms with E-state index >= 15 is 0 Å². The van der Waals surface area contributed by atoms with Crippen LogP contribution in [0.2, 0.25) is 0 Å². The minimum Gasteiger partial charge on any atom is -0.364 e. The van der Waals surface area contributed by atoms with E-state index < -0.39 is 4.92 Å². The van der Waals surface area contributed by atoms with Crippen LogP contribution >= 0.6 is 0 Å². The van der Waals surface area contributed by atoms with Crippen LogP contribution in [0.1, 0.15) is 42.1 Å². The molecule has 2 aromatic rings. The minimum absolute atomic E-state index is 0.0189. The third-order valence-corrected chi connectivity index (χ3v) is 4.98. The van der Waals surface area contributed by atoms with Gasteiger partial charge in [0.1, 0.15) is 5.69 Å². The van der Waals surface area contributed by atoms with Gasteiger partial charge in [-0.25, -0.2) is 0 Å². The van der Waals surface area contributed by atoms with Crippen molar-refractivity contribution in [3.05, 3.63) is 52.3 Å². The Bertz CT molecular complexity index is 816. The SMILES string of the molecule is O=C(NC1CC1)c1ccc(N2CCCC(n3cccn3)C2)c([N+](=O)[O-])c1. The second-order valence-electron chi connectivity index (χ2n) is 6.94. The molecule has 1 saturated carbocycles. The molecule has 8 nitrogen and oxygen atoms in total. The van der Waals surface area contributed by atoms with Crippen LogP contribution in [0.5, 0.6) is 0 Å². The Kier molecular flexibility index (Phi) is 4.32. The monoisotopic (exact) mass is 355 g/mol. The first-order valence-electron chi connectivity index (χ1n) is 8.95. The zero-order chi connectivity index (χ0) is 18.1. The van der Waals surface area contributed by atoms with E-state index in [0.29, 0.717) is 17.8 Å². The molecule has 1 amide bonds. The largest absolute Gasteiger partial charge is 0.364 e. The molecule has 1 N–H and O–H groups in total. The fourth-order valence-corrected chi connectivity index (χ4v) is 3.46. The first-order valence-corrected chi connectivity index (χ1v) is 8.95. The Balaban J connectivity index is 1.58. The number of rotatable bonds is 5. The Morgan fingerprint density at radius 3 is 2.85 bits per heavy atom. The zero-order valence-electron chi connectivity index (χ0n) is 14.4. The lowest BCUT2D eigenvalue weighted by atomic mass is 10.0. The van der Waals surface area contributed by atoms with Crippen LogP contribution in [0.3, 0.4) is 0 Å². The molecule has 1 aromatic heterocycles. The summed E-state index contributed by atoms with van der Waals surface area (Å²) in [5.41, 5.74) is 0.886. The number of aromatic nitrogens is 2. The van der Waals surface area contributed by atoms with E-state index in [1.165, 1.54) is 6.07 Å². The van der Waals surface area contributed by atoms with Gasteiger partial charge in [-0.3, -0.25) is 19.6 Å². The first kappa shape index (κ1) is 16.6. The summed E-state index contributed by atoms with van der Waals surface area (Å²) in [6.45, 7) is 1.42. The van der Waals surface area contributed by atoms with Crippen LogP contribution in [0.4, 0.5) is 11.4 Å². The number of piperidine rings is 1. The van der Waals surface area contributed by atoms with Crippen LogP contribution in [-0.4, -0.2) is 39.7 Å². The molecule has 26 heavy (non-hydrogen) atoms. The van der Waals surface area contributed by atoms with Crippen molar-refractivity contribution in [1.29, 1.82) is 0 Å². The molecule has 2 fully saturated rings. The average Bonchev–Trinajstić information content (AvgIpc) is 3.30. The number of nitrogens with one attached hydrogen (secondary N) is 1. The number of amides is 1. The third-order valence-electron chi connectivity index (χ3n) is 4.98. The van der Waals surface area contributed by atoms with Crippen molar-refractivity contribution in [2.75, 3.05) is 18.0 Å². The van der Waals surface area contributed by atoms with E-state index in [4.69, 9.17) is 0 Å². The molecule has 1 aliphatic carbocycles. The van der Waals surface area contributed by atoms with E-state index in [9.17, 15) is 14.9 Å². The number of carbonyl (C=O) groups is 1. The molecular weight excluding hydrogens is 334 g/mol. The van der Waals surface area contributed by atoms with Gasteiger partial charge in [0.15, 0.2) is 0 Å². The van der Waals surface area contributed by atoms with E-state index in [-0.39, 0.29) is 23.7 Å². The molecule has 1 atom stereocenters. The van der Waals surface area contributed by atoms with E-state index in [1.54, 1.807) is 18.3 Å². The van der Waals surface area contributed by atoms with E-state index in [1.807, 2.05) is 21.8 Å². The van der Waals surface area contributed by atoms with Gasteiger partial charge < -0.3 is 10.2 Å². The van der Waals surface area contributed by atoms with Crippen molar-refractivity contribution in [2.24, 2.45) is 0 Å². The van der Waals surface area contributed by atoms with Crippen LogP contribution in [0, 0.1) is 10.1 Å². The molecule has 2 aliphatic rings. The quantitative estimate of drug-likeness (QED) is 0.657. The zero-order valence-corrected chi connectivity index (χ0v) is 14.4. The standard InChI is InChI=1S/C18H21N5O3/c24-18(20-14-5-6-14)13-4-7-16(17(11-13)23(25)26)21-9-1-3-15(12-21)22-10-2-8-19-22/h2,4,7-8,10-11,14-15H,1,3,5-6,9,12H2,(H,20,24). The summed E-state index contributed by atoms with van der Waals surface area (Å²) < 4.78 is 1.91. The lowest BCUT2D eigenvalue weighted by Gasteiger charge is -2.34. The molecule has 0 bridgehead atoms. The van der Waals surface area contributed by atoms with Crippen LogP contribution in [-0.2, 0) is 0 Å². The number of benzene rings is 1. The van der Waals surface area contributed by atoms with Gasteiger partial charge in [-0.1, -0.05) is 0 Å². The molecule has 1 saturated heterocycles. The van der Waals surface area contributed by atoms with Crippen LogP contribution in [0.15, 0.2) is 36.7 Å². The lowest BCUT2D eigenvalue weighted by Crippen LogP contribution is -2.37. The highest BCUT2D eigenvalue weighted by molar-refractivity contribution is 5.96. The van der Waals surface area contributed by atoms with Crippen molar-refractivity contribution < 1.29 is 9.72 Å². The average molecular weight is 355 g/mol. The fraction of sp³-hybridized carbons (Fsp3) is 0.444. The highest BCUT2D eigenvalue weighted by atomic mass is 16.6. The van der Waals surface area contributed by atoms with Gasteiger partial charge in [0.2, 0.25) is 0 Å². The molecule has 1 unspecified atom stereocenters. The van der Waals surface area contributed by atoms with Gasteiger partial charge in [-0.05, 0) is 43.9 Å². The van der Waals surface area contributed by atoms with Gasteiger partial charge in [-0.2, -0.15) is 5.10 Å². The van der Waals surface area contributed by atoms with Crippen LogP contribution < -0.4 is 10.2 Å². The van der Waals surface area contributed by atoms with Crippen molar-refractivity contribution in [1.82, 2.24) is 15.1 Å². The first-order chi connectivity index (χ1) is 12.6. The normalized spacial score (nSPS) is 20.0. The molecule has 0 spiro atoms. The van der Waals surface area contributed by atoms with E-state index in [2.05, 4.69) is 10.4 Å². The van der Waals surface area contributed by atoms with Crippen molar-refractivity contribution in [3.63, 3.8) is 0 Å². The predicted molar refractivity (Wildman–Crippen MR) is 96.3 cm³/mol. The maximum atomic E-state index is 12.2. The summed E-state index contributed by atoms with van der Waals surface area (Å²) >= 11 is 0. The van der Waals surface area contributed by atoms with Crippen LogP contribution in [0.25, 0.3) is 0 Å². The molecule has 4 rings (SSSR count). The van der Waals surface area contributed by atoms with Gasteiger partial charge in [0, 0.05) is 43.2 Å². The maximum Gasteiger partial charge on any atom is 0.293 e. The second kappa shape index (κ2) is 6.78. The number of hydrogen-bond donors (Lipinski definition) is 1. The Labute approximate surface area is 150 Å². The number of nitro benzene ring substituents is 1. The molecule has 2 heterocycles.